The van der Waals surface area contributed by atoms with Gasteiger partial charge in [0.05, 0.1) is 12.8 Å². The molecule has 0 fully saturated rings. The maximum absolute atomic E-state index is 11.6. The molecule has 1 amide bonds. The van der Waals surface area contributed by atoms with Crippen molar-refractivity contribution in [1.82, 2.24) is 10.3 Å². The topological polar surface area (TPSA) is 64.4 Å². The van der Waals surface area contributed by atoms with E-state index in [1.54, 1.807) is 18.3 Å². The van der Waals surface area contributed by atoms with Crippen LogP contribution >= 0.6 is 0 Å². The molecule has 0 saturated carbocycles. The van der Waals surface area contributed by atoms with Crippen molar-refractivity contribution >= 4 is 16.8 Å². The van der Waals surface area contributed by atoms with Crippen molar-refractivity contribution in [2.24, 2.45) is 0 Å². The van der Waals surface area contributed by atoms with Crippen LogP contribution in [0.15, 0.2) is 59.3 Å². The molecular formula is C18H14N2O3. The summed E-state index contributed by atoms with van der Waals surface area (Å²) in [5.74, 6) is 6.35. The second-order valence-electron chi connectivity index (χ2n) is 4.63. The van der Waals surface area contributed by atoms with Gasteiger partial charge >= 0.3 is 0 Å². The number of fused-ring (bicyclic) bond motifs is 1. The molecule has 23 heavy (non-hydrogen) atoms. The number of hydrogen-bond acceptors (Lipinski definition) is 4. The Morgan fingerprint density at radius 1 is 1.17 bits per heavy atom. The zero-order valence-corrected chi connectivity index (χ0v) is 12.3. The first kappa shape index (κ1) is 14.7. The van der Waals surface area contributed by atoms with Gasteiger partial charge in [0.25, 0.3) is 5.91 Å². The SMILES string of the molecule is O=C(NCC#CCOc1cccc2cccnc12)c1ccco1. The van der Waals surface area contributed by atoms with E-state index in [9.17, 15) is 4.79 Å². The van der Waals surface area contributed by atoms with Crippen LogP contribution in [0.1, 0.15) is 10.6 Å². The van der Waals surface area contributed by atoms with Gasteiger partial charge in [-0.15, -0.1) is 0 Å². The predicted octanol–water partition coefficient (Wildman–Crippen LogP) is 2.64. The lowest BCUT2D eigenvalue weighted by molar-refractivity contribution is 0.0931. The van der Waals surface area contributed by atoms with Gasteiger partial charge in [-0.3, -0.25) is 9.78 Å². The zero-order chi connectivity index (χ0) is 15.9. The number of rotatable bonds is 4. The summed E-state index contributed by atoms with van der Waals surface area (Å²) in [5.41, 5.74) is 0.808. The van der Waals surface area contributed by atoms with Crippen LogP contribution in [0.25, 0.3) is 10.9 Å². The Hall–Kier alpha value is -3.26. The fraction of sp³-hybridized carbons (Fsp3) is 0.111. The number of para-hydroxylation sites is 1. The third-order valence-electron chi connectivity index (χ3n) is 3.10. The average molecular weight is 306 g/mol. The summed E-state index contributed by atoms with van der Waals surface area (Å²) in [6, 6.07) is 12.9. The molecule has 2 heterocycles. The predicted molar refractivity (Wildman–Crippen MR) is 86.1 cm³/mol. The minimum absolute atomic E-state index is 0.228. The summed E-state index contributed by atoms with van der Waals surface area (Å²) >= 11 is 0. The maximum atomic E-state index is 11.6. The van der Waals surface area contributed by atoms with Gasteiger partial charge in [0.2, 0.25) is 0 Å². The Kier molecular flexibility index (Phi) is 4.55. The van der Waals surface area contributed by atoms with Crippen molar-refractivity contribution in [1.29, 1.82) is 0 Å². The van der Waals surface area contributed by atoms with E-state index in [0.29, 0.717) is 5.75 Å². The first-order chi connectivity index (χ1) is 11.3. The molecular weight excluding hydrogens is 292 g/mol. The number of nitrogens with zero attached hydrogens (tertiary/aromatic N) is 1. The molecule has 0 unspecified atom stereocenters. The van der Waals surface area contributed by atoms with Gasteiger partial charge < -0.3 is 14.5 Å². The number of carbonyl (C=O) groups excluding carboxylic acids is 1. The molecule has 0 bridgehead atoms. The molecule has 0 aliphatic heterocycles. The second kappa shape index (κ2) is 7.14. The van der Waals surface area contributed by atoms with E-state index < -0.39 is 0 Å². The fourth-order valence-corrected chi connectivity index (χ4v) is 2.04. The van der Waals surface area contributed by atoms with Crippen molar-refractivity contribution in [3.8, 4) is 17.6 Å². The van der Waals surface area contributed by atoms with Gasteiger partial charge in [-0.05, 0) is 24.3 Å². The zero-order valence-electron chi connectivity index (χ0n) is 12.3. The highest BCUT2D eigenvalue weighted by molar-refractivity contribution is 5.91. The number of ether oxygens (including phenoxy) is 1. The Bertz CT molecular complexity index is 855. The molecule has 114 valence electrons. The third kappa shape index (κ3) is 3.69. The number of furan rings is 1. The number of amides is 1. The molecule has 1 aromatic carbocycles. The van der Waals surface area contributed by atoms with Gasteiger partial charge in [-0.2, -0.15) is 0 Å². The van der Waals surface area contributed by atoms with E-state index in [1.165, 1.54) is 6.26 Å². The minimum atomic E-state index is -0.288. The molecule has 0 aliphatic rings. The van der Waals surface area contributed by atoms with Crippen LogP contribution in [0.2, 0.25) is 0 Å². The number of carbonyl (C=O) groups is 1. The summed E-state index contributed by atoms with van der Waals surface area (Å²) in [5, 5.41) is 3.66. The summed E-state index contributed by atoms with van der Waals surface area (Å²) < 4.78 is 10.6. The molecule has 3 rings (SSSR count). The molecule has 0 saturated heterocycles. The van der Waals surface area contributed by atoms with Gasteiger partial charge in [0, 0.05) is 11.6 Å². The van der Waals surface area contributed by atoms with Crippen LogP contribution in [-0.4, -0.2) is 24.0 Å². The van der Waals surface area contributed by atoms with E-state index in [2.05, 4.69) is 22.1 Å². The van der Waals surface area contributed by atoms with Crippen LogP contribution in [0.4, 0.5) is 0 Å². The van der Waals surface area contributed by atoms with Crippen LogP contribution in [-0.2, 0) is 0 Å². The van der Waals surface area contributed by atoms with Crippen molar-refractivity contribution in [3.05, 3.63) is 60.7 Å². The van der Waals surface area contributed by atoms with Crippen molar-refractivity contribution < 1.29 is 13.9 Å². The van der Waals surface area contributed by atoms with Gasteiger partial charge in [0.15, 0.2) is 5.76 Å². The monoisotopic (exact) mass is 306 g/mol. The smallest absolute Gasteiger partial charge is 0.287 e. The Balaban J connectivity index is 1.51. The third-order valence-corrected chi connectivity index (χ3v) is 3.10. The number of nitrogens with one attached hydrogen (secondary N) is 1. The lowest BCUT2D eigenvalue weighted by Gasteiger charge is -2.05. The average Bonchev–Trinajstić information content (AvgIpc) is 3.12. The molecule has 5 heteroatoms. The van der Waals surface area contributed by atoms with E-state index in [-0.39, 0.29) is 24.8 Å². The van der Waals surface area contributed by atoms with E-state index in [4.69, 9.17) is 9.15 Å². The van der Waals surface area contributed by atoms with Crippen molar-refractivity contribution in [3.63, 3.8) is 0 Å². The summed E-state index contributed by atoms with van der Waals surface area (Å²) in [6.45, 7) is 0.461. The molecule has 0 spiro atoms. The molecule has 2 aromatic heterocycles. The Morgan fingerprint density at radius 3 is 2.96 bits per heavy atom. The van der Waals surface area contributed by atoms with Crippen LogP contribution in [0, 0.1) is 11.8 Å². The molecule has 5 nitrogen and oxygen atoms in total. The van der Waals surface area contributed by atoms with E-state index in [0.717, 1.165) is 10.9 Å². The lowest BCUT2D eigenvalue weighted by Crippen LogP contribution is -2.23. The summed E-state index contributed by atoms with van der Waals surface area (Å²) in [4.78, 5) is 15.9. The number of benzene rings is 1. The quantitative estimate of drug-likeness (QED) is 0.753. The maximum Gasteiger partial charge on any atom is 0.287 e. The van der Waals surface area contributed by atoms with Gasteiger partial charge in [-0.1, -0.05) is 30.0 Å². The molecule has 0 aliphatic carbocycles. The van der Waals surface area contributed by atoms with Crippen LogP contribution in [0.3, 0.4) is 0 Å². The van der Waals surface area contributed by atoms with Crippen LogP contribution in [0.5, 0.6) is 5.75 Å². The summed E-state index contributed by atoms with van der Waals surface area (Å²) in [6.07, 6.45) is 3.18. The highest BCUT2D eigenvalue weighted by Crippen LogP contribution is 2.22. The Labute approximate surface area is 133 Å². The van der Waals surface area contributed by atoms with E-state index in [1.807, 2.05) is 30.3 Å². The largest absolute Gasteiger partial charge is 0.479 e. The number of hydrogen-bond donors (Lipinski definition) is 1. The number of aromatic nitrogens is 1. The van der Waals surface area contributed by atoms with Crippen molar-refractivity contribution in [2.75, 3.05) is 13.2 Å². The molecule has 0 atom stereocenters. The Morgan fingerprint density at radius 2 is 2.09 bits per heavy atom. The minimum Gasteiger partial charge on any atom is -0.479 e. The van der Waals surface area contributed by atoms with Crippen LogP contribution < -0.4 is 10.1 Å². The first-order valence-corrected chi connectivity index (χ1v) is 7.08. The molecule has 0 radical (unpaired) electrons. The van der Waals surface area contributed by atoms with E-state index >= 15 is 0 Å². The normalized spacial score (nSPS) is 9.91. The highest BCUT2D eigenvalue weighted by atomic mass is 16.5. The highest BCUT2D eigenvalue weighted by Gasteiger charge is 2.05. The lowest BCUT2D eigenvalue weighted by atomic mass is 10.2. The van der Waals surface area contributed by atoms with Gasteiger partial charge in [-0.25, -0.2) is 0 Å². The molecule has 3 aromatic rings. The van der Waals surface area contributed by atoms with Gasteiger partial charge in [0.1, 0.15) is 17.9 Å². The second-order valence-corrected chi connectivity index (χ2v) is 4.63. The standard InChI is InChI=1S/C18H14N2O3/c21-18(16-9-5-13-23-16)20-10-1-2-12-22-15-8-3-6-14-7-4-11-19-17(14)15/h3-9,11,13H,10,12H2,(H,20,21). The fourth-order valence-electron chi connectivity index (χ4n) is 2.04. The van der Waals surface area contributed by atoms with Crippen molar-refractivity contribution in [2.45, 2.75) is 0 Å². The molecule has 1 N–H and O–H groups in total. The first-order valence-electron chi connectivity index (χ1n) is 7.08. The summed E-state index contributed by atoms with van der Waals surface area (Å²) in [7, 11) is 0. The number of pyridine rings is 1.